The van der Waals surface area contributed by atoms with Gasteiger partial charge in [-0.25, -0.2) is 9.37 Å². The van der Waals surface area contributed by atoms with Crippen molar-refractivity contribution in [3.05, 3.63) is 99.5 Å². The first-order valence-corrected chi connectivity index (χ1v) is 9.19. The molecule has 1 heterocycles. The van der Waals surface area contributed by atoms with Gasteiger partial charge < -0.3 is 4.57 Å². The molecule has 0 saturated carbocycles. The zero-order chi connectivity index (χ0) is 18.8. The number of imidazole rings is 1. The molecule has 4 aromatic rings. The number of benzene rings is 3. The van der Waals surface area contributed by atoms with E-state index in [0.717, 1.165) is 22.4 Å². The zero-order valence-corrected chi connectivity index (χ0v) is 15.8. The summed E-state index contributed by atoms with van der Waals surface area (Å²) in [6.07, 6.45) is 3.87. The molecule has 0 bridgehead atoms. The smallest absolute Gasteiger partial charge is 0.134 e. The van der Waals surface area contributed by atoms with Gasteiger partial charge >= 0.3 is 0 Å². The van der Waals surface area contributed by atoms with Crippen LogP contribution in [0.3, 0.4) is 0 Å². The second-order valence-corrected chi connectivity index (χ2v) is 6.97. The lowest BCUT2D eigenvalue weighted by Gasteiger charge is -2.10. The Morgan fingerprint density at radius 3 is 2.44 bits per heavy atom. The van der Waals surface area contributed by atoms with E-state index in [2.05, 4.69) is 4.98 Å². The first-order valence-electron chi connectivity index (χ1n) is 8.43. The van der Waals surface area contributed by atoms with Crippen LogP contribution in [0.4, 0.5) is 4.39 Å². The van der Waals surface area contributed by atoms with Crippen molar-refractivity contribution in [2.24, 2.45) is 0 Å². The quantitative estimate of drug-likeness (QED) is 0.375. The third kappa shape index (κ3) is 3.75. The average molecular weight is 397 g/mol. The molecule has 0 fully saturated rings. The van der Waals surface area contributed by atoms with E-state index in [1.807, 2.05) is 65.3 Å². The third-order valence-corrected chi connectivity index (χ3v) is 4.96. The van der Waals surface area contributed by atoms with E-state index < -0.39 is 0 Å². The Hall–Kier alpha value is -2.62. The fourth-order valence-corrected chi connectivity index (χ4v) is 3.32. The molecule has 0 atom stereocenters. The maximum atomic E-state index is 14.3. The molecule has 0 saturated heterocycles. The van der Waals surface area contributed by atoms with Gasteiger partial charge in [0.05, 0.1) is 17.6 Å². The van der Waals surface area contributed by atoms with Gasteiger partial charge in [-0.3, -0.25) is 0 Å². The van der Waals surface area contributed by atoms with Crippen molar-refractivity contribution in [2.45, 2.75) is 6.54 Å². The minimum Gasteiger partial charge on any atom is -0.320 e. The molecule has 0 spiro atoms. The summed E-state index contributed by atoms with van der Waals surface area (Å²) in [5, 5.41) is 1.09. The van der Waals surface area contributed by atoms with Crippen molar-refractivity contribution >= 4 is 46.4 Å². The van der Waals surface area contributed by atoms with Crippen LogP contribution >= 0.6 is 23.2 Å². The number of halogens is 3. The van der Waals surface area contributed by atoms with Gasteiger partial charge in [-0.2, -0.15) is 0 Å². The predicted octanol–water partition coefficient (Wildman–Crippen LogP) is 6.70. The monoisotopic (exact) mass is 396 g/mol. The van der Waals surface area contributed by atoms with Crippen LogP contribution in [-0.4, -0.2) is 9.55 Å². The fourth-order valence-electron chi connectivity index (χ4n) is 2.97. The highest BCUT2D eigenvalue weighted by Gasteiger charge is 2.13. The molecule has 0 N–H and O–H groups in total. The number of para-hydroxylation sites is 2. The molecule has 0 amide bonds. The van der Waals surface area contributed by atoms with Crippen molar-refractivity contribution in [2.75, 3.05) is 0 Å². The number of rotatable bonds is 4. The number of nitrogens with zero attached hydrogens (tertiary/aromatic N) is 2. The second kappa shape index (κ2) is 7.55. The van der Waals surface area contributed by atoms with Crippen molar-refractivity contribution in [3.8, 4) is 0 Å². The van der Waals surface area contributed by atoms with Gasteiger partial charge in [-0.1, -0.05) is 59.6 Å². The summed E-state index contributed by atoms with van der Waals surface area (Å²) >= 11 is 12.2. The van der Waals surface area contributed by atoms with E-state index in [1.165, 1.54) is 6.07 Å². The Labute approximate surface area is 166 Å². The van der Waals surface area contributed by atoms with E-state index in [9.17, 15) is 4.39 Å². The molecule has 27 heavy (non-hydrogen) atoms. The first kappa shape index (κ1) is 17.8. The van der Waals surface area contributed by atoms with E-state index in [0.29, 0.717) is 22.2 Å². The van der Waals surface area contributed by atoms with Crippen LogP contribution in [0.2, 0.25) is 10.0 Å². The second-order valence-electron chi connectivity index (χ2n) is 6.13. The summed E-state index contributed by atoms with van der Waals surface area (Å²) < 4.78 is 16.3. The topological polar surface area (TPSA) is 17.8 Å². The van der Waals surface area contributed by atoms with Gasteiger partial charge in [0.1, 0.15) is 11.6 Å². The van der Waals surface area contributed by atoms with Crippen LogP contribution < -0.4 is 0 Å². The van der Waals surface area contributed by atoms with Crippen molar-refractivity contribution in [1.29, 1.82) is 0 Å². The summed E-state index contributed by atoms with van der Waals surface area (Å²) in [4.78, 5) is 4.69. The van der Waals surface area contributed by atoms with E-state index in [4.69, 9.17) is 23.2 Å². The van der Waals surface area contributed by atoms with Crippen molar-refractivity contribution in [1.82, 2.24) is 9.55 Å². The lowest BCUT2D eigenvalue weighted by atomic mass is 10.2. The normalized spacial score (nSPS) is 11.5. The molecule has 3 aromatic carbocycles. The maximum Gasteiger partial charge on any atom is 0.134 e. The van der Waals surface area contributed by atoms with Crippen LogP contribution in [-0.2, 0) is 6.54 Å². The highest BCUT2D eigenvalue weighted by molar-refractivity contribution is 6.31. The van der Waals surface area contributed by atoms with E-state index in [1.54, 1.807) is 12.1 Å². The molecule has 0 aliphatic heterocycles. The lowest BCUT2D eigenvalue weighted by Crippen LogP contribution is -2.05. The Bertz CT molecular complexity index is 1110. The fraction of sp³-hybridized carbons (Fsp3) is 0.0455. The number of fused-ring (bicyclic) bond motifs is 1. The molecule has 2 nitrogen and oxygen atoms in total. The number of aromatic nitrogens is 2. The van der Waals surface area contributed by atoms with Crippen molar-refractivity contribution in [3.63, 3.8) is 0 Å². The van der Waals surface area contributed by atoms with Gasteiger partial charge in [-0.05, 0) is 48.0 Å². The van der Waals surface area contributed by atoms with Crippen LogP contribution in [0.1, 0.15) is 17.0 Å². The Balaban J connectivity index is 1.79. The SMILES string of the molecule is Fc1cccc(Cl)c1Cn1c(/C=C/c2ccc(Cl)cc2)nc2ccccc21. The highest BCUT2D eigenvalue weighted by atomic mass is 35.5. The summed E-state index contributed by atoms with van der Waals surface area (Å²) in [6, 6.07) is 20.0. The minimum atomic E-state index is -0.326. The van der Waals surface area contributed by atoms with Crippen LogP contribution in [0, 0.1) is 5.82 Å². The summed E-state index contributed by atoms with van der Waals surface area (Å²) in [5.41, 5.74) is 3.22. The van der Waals surface area contributed by atoms with Crippen LogP contribution in [0.15, 0.2) is 66.7 Å². The maximum absolute atomic E-state index is 14.3. The average Bonchev–Trinajstić information content (AvgIpc) is 3.02. The van der Waals surface area contributed by atoms with E-state index in [-0.39, 0.29) is 5.82 Å². The van der Waals surface area contributed by atoms with Gasteiger partial charge in [0.15, 0.2) is 0 Å². The van der Waals surface area contributed by atoms with Gasteiger partial charge in [0.2, 0.25) is 0 Å². The molecule has 0 unspecified atom stereocenters. The molecule has 134 valence electrons. The third-order valence-electron chi connectivity index (χ3n) is 4.36. The van der Waals surface area contributed by atoms with E-state index >= 15 is 0 Å². The van der Waals surface area contributed by atoms with Crippen LogP contribution in [0.5, 0.6) is 0 Å². The standard InChI is InChI=1S/C22H15Cl2FN2/c23-16-11-8-15(9-12-16)10-13-22-26-20-6-1-2-7-21(20)27(22)14-17-18(24)4-3-5-19(17)25/h1-13H,14H2/b13-10+. The molecular formula is C22H15Cl2FN2. The largest absolute Gasteiger partial charge is 0.320 e. The summed E-state index contributed by atoms with van der Waals surface area (Å²) in [6.45, 7) is 0.298. The summed E-state index contributed by atoms with van der Waals surface area (Å²) in [5.74, 6) is 0.401. The molecule has 4 rings (SSSR count). The predicted molar refractivity (Wildman–Crippen MR) is 111 cm³/mol. The Morgan fingerprint density at radius 1 is 0.889 bits per heavy atom. The lowest BCUT2D eigenvalue weighted by molar-refractivity contribution is 0.601. The number of hydrogen-bond acceptors (Lipinski definition) is 1. The van der Waals surface area contributed by atoms with Gasteiger partial charge in [-0.15, -0.1) is 0 Å². The van der Waals surface area contributed by atoms with Crippen molar-refractivity contribution < 1.29 is 4.39 Å². The Kier molecular flexibility index (Phi) is 4.97. The Morgan fingerprint density at radius 2 is 1.67 bits per heavy atom. The van der Waals surface area contributed by atoms with Gasteiger partial charge in [0.25, 0.3) is 0 Å². The molecule has 0 radical (unpaired) electrons. The molecule has 5 heteroatoms. The first-order chi connectivity index (χ1) is 13.1. The molecule has 1 aromatic heterocycles. The highest BCUT2D eigenvalue weighted by Crippen LogP contribution is 2.25. The number of hydrogen-bond donors (Lipinski definition) is 0. The molecular weight excluding hydrogens is 382 g/mol. The molecule has 0 aliphatic rings. The summed E-state index contributed by atoms with van der Waals surface area (Å²) in [7, 11) is 0. The van der Waals surface area contributed by atoms with Crippen LogP contribution in [0.25, 0.3) is 23.2 Å². The minimum absolute atomic E-state index is 0.298. The molecule has 0 aliphatic carbocycles. The van der Waals surface area contributed by atoms with Gasteiger partial charge in [0, 0.05) is 15.6 Å². The zero-order valence-electron chi connectivity index (χ0n) is 14.2.